The van der Waals surface area contributed by atoms with Crippen LogP contribution in [0, 0.1) is 17.3 Å². The van der Waals surface area contributed by atoms with Crippen LogP contribution < -0.4 is 10.6 Å². The number of carbonyl (C=O) groups is 1. The van der Waals surface area contributed by atoms with Crippen molar-refractivity contribution < 1.29 is 9.53 Å². The molecule has 152 valence electrons. The number of nitrogens with zero attached hydrogens (tertiary/aromatic N) is 2. The number of nitrogens with one attached hydrogen (secondary N) is 2. The molecule has 0 aromatic heterocycles. The first-order valence-corrected chi connectivity index (χ1v) is 11.0. The number of guanidine groups is 1. The Bertz CT molecular complexity index is 587. The van der Waals surface area contributed by atoms with Gasteiger partial charge in [-0.05, 0) is 45.4 Å². The average Bonchev–Trinajstić information content (AvgIpc) is 3.03. The number of fused-ring (bicyclic) bond motifs is 2. The lowest BCUT2D eigenvalue weighted by Gasteiger charge is -2.63. The number of rotatable bonds is 4. The molecule has 4 fully saturated rings. The first-order chi connectivity index (χ1) is 13.0. The molecule has 1 saturated heterocycles. The van der Waals surface area contributed by atoms with E-state index >= 15 is 0 Å². The molecule has 1 spiro atoms. The van der Waals surface area contributed by atoms with E-state index < -0.39 is 0 Å². The van der Waals surface area contributed by atoms with Gasteiger partial charge in [0, 0.05) is 56.6 Å². The highest BCUT2D eigenvalue weighted by Gasteiger charge is 2.66. The molecule has 3 saturated carbocycles. The lowest BCUT2D eigenvalue weighted by Crippen LogP contribution is -2.72. The minimum absolute atomic E-state index is 0.142. The van der Waals surface area contributed by atoms with E-state index in [4.69, 9.17) is 9.73 Å². The Labute approximate surface area is 163 Å². The van der Waals surface area contributed by atoms with E-state index in [9.17, 15) is 4.79 Å². The number of ether oxygens (including phenoxy) is 1. The standard InChI is InChI=1S/C21H36N4O2/c1-4-22-20(23-15-8-5-7-14(13-15)19(26)25(2)3)24-17-16-9-12-27-18(16)21(17)10-6-11-21/h14-18H,4-13H2,1-3H3,(H2,22,23,24). The van der Waals surface area contributed by atoms with E-state index in [1.165, 1.54) is 25.7 Å². The van der Waals surface area contributed by atoms with E-state index in [0.717, 1.165) is 44.8 Å². The predicted molar refractivity (Wildman–Crippen MR) is 107 cm³/mol. The maximum atomic E-state index is 12.4. The molecule has 1 amide bonds. The van der Waals surface area contributed by atoms with Crippen LogP contribution >= 0.6 is 0 Å². The minimum atomic E-state index is 0.142. The van der Waals surface area contributed by atoms with Crippen molar-refractivity contribution in [3.8, 4) is 0 Å². The van der Waals surface area contributed by atoms with E-state index in [1.807, 2.05) is 14.1 Å². The molecule has 6 heteroatoms. The molecule has 0 bridgehead atoms. The van der Waals surface area contributed by atoms with Crippen LogP contribution in [0.4, 0.5) is 0 Å². The quantitative estimate of drug-likeness (QED) is 0.583. The molecular formula is C21H36N4O2. The normalized spacial score (nSPS) is 37.1. The summed E-state index contributed by atoms with van der Waals surface area (Å²) < 4.78 is 6.05. The zero-order valence-corrected chi connectivity index (χ0v) is 17.2. The summed E-state index contributed by atoms with van der Waals surface area (Å²) in [6.45, 7) is 3.77. The van der Waals surface area contributed by atoms with Gasteiger partial charge in [0.1, 0.15) is 0 Å². The van der Waals surface area contributed by atoms with Gasteiger partial charge in [-0.25, -0.2) is 0 Å². The molecule has 0 aromatic carbocycles. The minimum Gasteiger partial charge on any atom is -0.377 e. The van der Waals surface area contributed by atoms with Crippen LogP contribution in [0.3, 0.4) is 0 Å². The van der Waals surface area contributed by atoms with Crippen LogP contribution in [-0.4, -0.2) is 62.2 Å². The summed E-state index contributed by atoms with van der Waals surface area (Å²) in [5.41, 5.74) is 0.355. The highest BCUT2D eigenvalue weighted by Crippen LogP contribution is 2.62. The Balaban J connectivity index is 1.39. The van der Waals surface area contributed by atoms with Crippen molar-refractivity contribution >= 4 is 11.9 Å². The molecule has 6 nitrogen and oxygen atoms in total. The molecule has 1 aliphatic heterocycles. The topological polar surface area (TPSA) is 66.0 Å². The smallest absolute Gasteiger partial charge is 0.225 e. The van der Waals surface area contributed by atoms with Gasteiger partial charge in [-0.1, -0.05) is 12.8 Å². The first-order valence-electron chi connectivity index (χ1n) is 11.0. The molecule has 0 aromatic rings. The molecule has 27 heavy (non-hydrogen) atoms. The van der Waals surface area contributed by atoms with Gasteiger partial charge in [0.05, 0.1) is 6.10 Å². The second kappa shape index (κ2) is 7.61. The van der Waals surface area contributed by atoms with Gasteiger partial charge in [0.25, 0.3) is 0 Å². The van der Waals surface area contributed by atoms with Crippen LogP contribution in [0.15, 0.2) is 4.99 Å². The van der Waals surface area contributed by atoms with E-state index in [-0.39, 0.29) is 11.8 Å². The molecule has 4 aliphatic rings. The third-order valence-electron chi connectivity index (χ3n) is 7.45. The van der Waals surface area contributed by atoms with Crippen molar-refractivity contribution in [3.63, 3.8) is 0 Å². The third kappa shape index (κ3) is 3.34. The Hall–Kier alpha value is -1.30. The molecular weight excluding hydrogens is 340 g/mol. The van der Waals surface area contributed by atoms with Gasteiger partial charge in [0.2, 0.25) is 5.91 Å². The SMILES string of the molecule is CCN=C(NC1CCCC(C(=O)N(C)C)C1)NC1C2CCOC2C12CCC2. The molecule has 4 rings (SSSR count). The number of carbonyl (C=O) groups excluding carboxylic acids is 1. The Morgan fingerprint density at radius 1 is 1.19 bits per heavy atom. The summed E-state index contributed by atoms with van der Waals surface area (Å²) in [6, 6.07) is 0.831. The Morgan fingerprint density at radius 3 is 2.67 bits per heavy atom. The van der Waals surface area contributed by atoms with E-state index in [0.29, 0.717) is 29.5 Å². The van der Waals surface area contributed by atoms with Crippen LogP contribution in [0.25, 0.3) is 0 Å². The van der Waals surface area contributed by atoms with Crippen molar-refractivity contribution in [1.82, 2.24) is 15.5 Å². The summed E-state index contributed by atoms with van der Waals surface area (Å²) in [7, 11) is 3.72. The zero-order valence-electron chi connectivity index (χ0n) is 17.2. The van der Waals surface area contributed by atoms with Crippen LogP contribution in [0.1, 0.15) is 58.3 Å². The largest absolute Gasteiger partial charge is 0.377 e. The van der Waals surface area contributed by atoms with Crippen molar-refractivity contribution in [2.24, 2.45) is 22.2 Å². The summed E-state index contributed by atoms with van der Waals surface area (Å²) in [4.78, 5) is 18.9. The van der Waals surface area contributed by atoms with Crippen LogP contribution in [0.5, 0.6) is 0 Å². The molecule has 3 aliphatic carbocycles. The highest BCUT2D eigenvalue weighted by molar-refractivity contribution is 5.81. The number of amides is 1. The van der Waals surface area contributed by atoms with Gasteiger partial charge in [-0.15, -0.1) is 0 Å². The summed E-state index contributed by atoms with van der Waals surface area (Å²) >= 11 is 0. The van der Waals surface area contributed by atoms with E-state index in [2.05, 4.69) is 17.6 Å². The monoisotopic (exact) mass is 376 g/mol. The molecule has 5 atom stereocenters. The molecule has 5 unspecified atom stereocenters. The number of aliphatic imine (C=N–C) groups is 1. The van der Waals surface area contributed by atoms with Gasteiger partial charge < -0.3 is 20.3 Å². The van der Waals surface area contributed by atoms with Crippen molar-refractivity contribution in [3.05, 3.63) is 0 Å². The summed E-state index contributed by atoms with van der Waals surface area (Å²) in [6.07, 6.45) is 9.69. The fourth-order valence-electron chi connectivity index (χ4n) is 6.00. The first kappa shape index (κ1) is 19.0. The fourth-order valence-corrected chi connectivity index (χ4v) is 6.00. The third-order valence-corrected chi connectivity index (χ3v) is 7.45. The Kier molecular flexibility index (Phi) is 5.36. The van der Waals surface area contributed by atoms with Crippen molar-refractivity contribution in [2.75, 3.05) is 27.2 Å². The van der Waals surface area contributed by atoms with Crippen molar-refractivity contribution in [2.45, 2.75) is 76.5 Å². The van der Waals surface area contributed by atoms with Crippen molar-refractivity contribution in [1.29, 1.82) is 0 Å². The average molecular weight is 377 g/mol. The molecule has 1 heterocycles. The van der Waals surface area contributed by atoms with Gasteiger partial charge in [0.15, 0.2) is 5.96 Å². The zero-order chi connectivity index (χ0) is 19.0. The second-order valence-corrected chi connectivity index (χ2v) is 9.21. The van der Waals surface area contributed by atoms with Gasteiger partial charge in [-0.3, -0.25) is 9.79 Å². The Morgan fingerprint density at radius 2 is 2.00 bits per heavy atom. The fraction of sp³-hybridized carbons (Fsp3) is 0.905. The maximum absolute atomic E-state index is 12.4. The van der Waals surface area contributed by atoms with Gasteiger partial charge >= 0.3 is 0 Å². The van der Waals surface area contributed by atoms with E-state index in [1.54, 1.807) is 4.90 Å². The second-order valence-electron chi connectivity index (χ2n) is 9.21. The lowest BCUT2D eigenvalue weighted by molar-refractivity contribution is -0.171. The molecule has 0 radical (unpaired) electrons. The summed E-state index contributed by atoms with van der Waals surface area (Å²) in [5.74, 6) is 2.00. The summed E-state index contributed by atoms with van der Waals surface area (Å²) in [5, 5.41) is 7.47. The number of hydrogen-bond acceptors (Lipinski definition) is 3. The van der Waals surface area contributed by atoms with Crippen LogP contribution in [0.2, 0.25) is 0 Å². The predicted octanol–water partition coefficient (Wildman–Crippen LogP) is 2.15. The maximum Gasteiger partial charge on any atom is 0.225 e. The molecule has 2 N–H and O–H groups in total. The number of hydrogen-bond donors (Lipinski definition) is 2. The van der Waals surface area contributed by atoms with Crippen LogP contribution in [-0.2, 0) is 9.53 Å². The highest BCUT2D eigenvalue weighted by atomic mass is 16.5. The van der Waals surface area contributed by atoms with Gasteiger partial charge in [-0.2, -0.15) is 0 Å². The lowest BCUT2D eigenvalue weighted by atomic mass is 9.46.